The summed E-state index contributed by atoms with van der Waals surface area (Å²) in [4.78, 5) is 7.05. The third-order valence-corrected chi connectivity index (χ3v) is 4.19. The molecule has 0 bridgehead atoms. The van der Waals surface area contributed by atoms with Gasteiger partial charge < -0.3 is 14.8 Å². The van der Waals surface area contributed by atoms with Crippen molar-refractivity contribution in [3.8, 4) is 0 Å². The number of piperidine rings is 1. The Bertz CT molecular complexity index is 412. The summed E-state index contributed by atoms with van der Waals surface area (Å²) in [5.41, 5.74) is 0. The summed E-state index contributed by atoms with van der Waals surface area (Å²) in [6.07, 6.45) is 11.0. The molecule has 2 aliphatic heterocycles. The van der Waals surface area contributed by atoms with E-state index in [0.29, 0.717) is 6.04 Å². The molecule has 3 rings (SSSR count). The van der Waals surface area contributed by atoms with Gasteiger partial charge in [0.2, 0.25) is 5.95 Å². The van der Waals surface area contributed by atoms with Gasteiger partial charge in [-0.2, -0.15) is 0 Å². The van der Waals surface area contributed by atoms with E-state index in [0.717, 1.165) is 18.5 Å². The van der Waals surface area contributed by atoms with E-state index in [1.807, 2.05) is 18.5 Å². The van der Waals surface area contributed by atoms with Gasteiger partial charge in [-0.3, -0.25) is 0 Å². The van der Waals surface area contributed by atoms with Gasteiger partial charge in [0.25, 0.3) is 0 Å². The monoisotopic (exact) mass is 246 g/mol. The van der Waals surface area contributed by atoms with E-state index in [4.69, 9.17) is 0 Å². The lowest BCUT2D eigenvalue weighted by atomic mass is 9.98. The Balaban J connectivity index is 1.62. The first-order valence-electron chi connectivity index (χ1n) is 6.99. The lowest BCUT2D eigenvalue weighted by Crippen LogP contribution is -2.43. The fourth-order valence-electron chi connectivity index (χ4n) is 3.27. The highest BCUT2D eigenvalue weighted by atomic mass is 15.2. The molecule has 0 saturated carbocycles. The Hall–Kier alpha value is -1.29. The van der Waals surface area contributed by atoms with Crippen LogP contribution in [-0.2, 0) is 6.54 Å². The van der Waals surface area contributed by atoms with E-state index in [1.165, 1.54) is 38.8 Å². The van der Waals surface area contributed by atoms with E-state index in [-0.39, 0.29) is 0 Å². The number of hydrogen-bond acceptors (Lipinski definition) is 3. The number of rotatable bonds is 4. The van der Waals surface area contributed by atoms with E-state index in [2.05, 4.69) is 26.3 Å². The molecule has 2 atom stereocenters. The molecular formula is C14H22N4. The molecule has 1 N–H and O–H groups in total. The Labute approximate surface area is 109 Å². The number of allylic oxidation sites excluding steroid dienone is 1. The SMILES string of the molecule is C=CCn1ccnc1NC1CCN2CCCC2C1. The van der Waals surface area contributed by atoms with Crippen molar-refractivity contribution in [3.63, 3.8) is 0 Å². The Morgan fingerprint density at radius 2 is 2.39 bits per heavy atom. The molecule has 4 nitrogen and oxygen atoms in total. The van der Waals surface area contributed by atoms with Crippen LogP contribution in [-0.4, -0.2) is 39.6 Å². The van der Waals surface area contributed by atoms with E-state index in [9.17, 15) is 0 Å². The summed E-state index contributed by atoms with van der Waals surface area (Å²) in [7, 11) is 0. The van der Waals surface area contributed by atoms with Crippen molar-refractivity contribution in [1.82, 2.24) is 14.5 Å². The van der Waals surface area contributed by atoms with Crippen molar-refractivity contribution in [3.05, 3.63) is 25.0 Å². The highest BCUT2D eigenvalue weighted by Crippen LogP contribution is 2.28. The number of hydrogen-bond donors (Lipinski definition) is 1. The summed E-state index contributed by atoms with van der Waals surface area (Å²) >= 11 is 0. The molecule has 0 radical (unpaired) electrons. The molecule has 18 heavy (non-hydrogen) atoms. The molecule has 1 aromatic heterocycles. The molecule has 2 saturated heterocycles. The fraction of sp³-hybridized carbons (Fsp3) is 0.643. The number of imidazole rings is 1. The van der Waals surface area contributed by atoms with Gasteiger partial charge in [0.1, 0.15) is 0 Å². The zero-order chi connectivity index (χ0) is 12.4. The number of nitrogens with zero attached hydrogens (tertiary/aromatic N) is 3. The Morgan fingerprint density at radius 1 is 1.44 bits per heavy atom. The van der Waals surface area contributed by atoms with Crippen molar-refractivity contribution < 1.29 is 0 Å². The minimum Gasteiger partial charge on any atom is -0.353 e. The first-order chi connectivity index (χ1) is 8.86. The summed E-state index contributed by atoms with van der Waals surface area (Å²) in [5.74, 6) is 0.992. The molecule has 2 fully saturated rings. The second-order valence-corrected chi connectivity index (χ2v) is 5.39. The van der Waals surface area contributed by atoms with Crippen LogP contribution in [0, 0.1) is 0 Å². The fourth-order valence-corrected chi connectivity index (χ4v) is 3.27. The van der Waals surface area contributed by atoms with Crippen LogP contribution in [0.2, 0.25) is 0 Å². The molecular weight excluding hydrogens is 224 g/mol. The Kier molecular flexibility index (Phi) is 3.37. The van der Waals surface area contributed by atoms with E-state index in [1.54, 1.807) is 0 Å². The van der Waals surface area contributed by atoms with Crippen molar-refractivity contribution in [1.29, 1.82) is 0 Å². The van der Waals surface area contributed by atoms with Gasteiger partial charge in [0.05, 0.1) is 0 Å². The average Bonchev–Trinajstić information content (AvgIpc) is 2.99. The zero-order valence-corrected chi connectivity index (χ0v) is 10.9. The molecule has 0 amide bonds. The number of nitrogens with one attached hydrogen (secondary N) is 1. The second-order valence-electron chi connectivity index (χ2n) is 5.39. The molecule has 0 aliphatic carbocycles. The molecule has 3 heterocycles. The summed E-state index contributed by atoms with van der Waals surface area (Å²) in [5, 5.41) is 3.60. The van der Waals surface area contributed by atoms with Gasteiger partial charge in [0, 0.05) is 37.6 Å². The molecule has 1 aromatic rings. The zero-order valence-electron chi connectivity index (χ0n) is 10.9. The lowest BCUT2D eigenvalue weighted by molar-refractivity contribution is 0.187. The number of fused-ring (bicyclic) bond motifs is 1. The van der Waals surface area contributed by atoms with E-state index < -0.39 is 0 Å². The van der Waals surface area contributed by atoms with Gasteiger partial charge in [-0.1, -0.05) is 6.08 Å². The summed E-state index contributed by atoms with van der Waals surface area (Å²) < 4.78 is 2.12. The van der Waals surface area contributed by atoms with Gasteiger partial charge in [-0.05, 0) is 32.2 Å². The normalized spacial score (nSPS) is 28.0. The van der Waals surface area contributed by atoms with Crippen LogP contribution in [0.4, 0.5) is 5.95 Å². The third-order valence-electron chi connectivity index (χ3n) is 4.19. The molecule has 0 spiro atoms. The minimum atomic E-state index is 0.579. The van der Waals surface area contributed by atoms with E-state index >= 15 is 0 Å². The lowest BCUT2D eigenvalue weighted by Gasteiger charge is -2.35. The molecule has 98 valence electrons. The third kappa shape index (κ3) is 2.29. The molecule has 0 aromatic carbocycles. The van der Waals surface area contributed by atoms with Gasteiger partial charge in [-0.25, -0.2) is 4.98 Å². The van der Waals surface area contributed by atoms with Crippen LogP contribution in [0.25, 0.3) is 0 Å². The van der Waals surface area contributed by atoms with Crippen LogP contribution >= 0.6 is 0 Å². The maximum atomic E-state index is 4.40. The number of anilines is 1. The first-order valence-corrected chi connectivity index (χ1v) is 6.99. The second kappa shape index (κ2) is 5.14. The minimum absolute atomic E-state index is 0.579. The largest absolute Gasteiger partial charge is 0.353 e. The predicted octanol–water partition coefficient (Wildman–Crippen LogP) is 2.11. The van der Waals surface area contributed by atoms with Crippen molar-refractivity contribution in [2.24, 2.45) is 0 Å². The topological polar surface area (TPSA) is 33.1 Å². The quantitative estimate of drug-likeness (QED) is 0.826. The number of aromatic nitrogens is 2. The van der Waals surface area contributed by atoms with Crippen LogP contribution in [0.3, 0.4) is 0 Å². The highest BCUT2D eigenvalue weighted by molar-refractivity contribution is 5.28. The van der Waals surface area contributed by atoms with Crippen LogP contribution in [0.15, 0.2) is 25.0 Å². The average molecular weight is 246 g/mol. The van der Waals surface area contributed by atoms with Gasteiger partial charge in [-0.15, -0.1) is 6.58 Å². The maximum Gasteiger partial charge on any atom is 0.203 e. The van der Waals surface area contributed by atoms with Crippen LogP contribution < -0.4 is 5.32 Å². The Morgan fingerprint density at radius 3 is 3.28 bits per heavy atom. The smallest absolute Gasteiger partial charge is 0.203 e. The summed E-state index contributed by atoms with van der Waals surface area (Å²) in [6, 6.07) is 1.38. The van der Waals surface area contributed by atoms with Crippen molar-refractivity contribution in [2.45, 2.75) is 44.3 Å². The molecule has 2 unspecified atom stereocenters. The van der Waals surface area contributed by atoms with Crippen molar-refractivity contribution in [2.75, 3.05) is 18.4 Å². The van der Waals surface area contributed by atoms with Gasteiger partial charge >= 0.3 is 0 Å². The maximum absolute atomic E-state index is 4.40. The van der Waals surface area contributed by atoms with Crippen LogP contribution in [0.5, 0.6) is 0 Å². The molecule has 2 aliphatic rings. The molecule has 4 heteroatoms. The summed E-state index contributed by atoms with van der Waals surface area (Å²) in [6.45, 7) is 7.16. The van der Waals surface area contributed by atoms with Crippen molar-refractivity contribution >= 4 is 5.95 Å². The standard InChI is InChI=1S/C14H22N4/c1-2-7-18-10-6-15-14(18)16-12-5-9-17-8-3-4-13(17)11-12/h2,6,10,12-13H,1,3-5,7-9,11H2,(H,15,16). The first kappa shape index (κ1) is 11.8. The highest BCUT2D eigenvalue weighted by Gasteiger charge is 2.31. The van der Waals surface area contributed by atoms with Crippen LogP contribution in [0.1, 0.15) is 25.7 Å². The predicted molar refractivity (Wildman–Crippen MR) is 73.7 cm³/mol. The van der Waals surface area contributed by atoms with Gasteiger partial charge in [0.15, 0.2) is 0 Å².